The summed E-state index contributed by atoms with van der Waals surface area (Å²) in [7, 11) is 3.39. The lowest BCUT2D eigenvalue weighted by Gasteiger charge is -2.30. The van der Waals surface area contributed by atoms with E-state index in [-0.39, 0.29) is 23.2 Å². The molecule has 1 saturated heterocycles. The molecule has 1 fully saturated rings. The van der Waals surface area contributed by atoms with Crippen LogP contribution >= 0.6 is 0 Å². The van der Waals surface area contributed by atoms with Gasteiger partial charge >= 0.3 is 0 Å². The summed E-state index contributed by atoms with van der Waals surface area (Å²) in [5.41, 5.74) is 3.96. The van der Waals surface area contributed by atoms with Crippen molar-refractivity contribution in [2.24, 2.45) is 11.3 Å². The lowest BCUT2D eigenvalue weighted by atomic mass is 9.81. The third-order valence-electron chi connectivity index (χ3n) is 7.27. The maximum absolute atomic E-state index is 13.9. The summed E-state index contributed by atoms with van der Waals surface area (Å²) in [5, 5.41) is 0. The molecule has 0 radical (unpaired) electrons. The number of hydrogen-bond acceptors (Lipinski definition) is 6. The van der Waals surface area contributed by atoms with Crippen molar-refractivity contribution in [3.8, 4) is 17.2 Å². The van der Waals surface area contributed by atoms with E-state index in [4.69, 9.17) is 23.9 Å². The normalized spacial score (nSPS) is 19.2. The number of methoxy groups -OCH3 is 2. The number of ether oxygens (including phenoxy) is 4. The summed E-state index contributed by atoms with van der Waals surface area (Å²) >= 11 is 0. The Balaban J connectivity index is 1.75. The van der Waals surface area contributed by atoms with E-state index in [0.717, 1.165) is 74.5 Å². The minimum atomic E-state index is -0.0619. The van der Waals surface area contributed by atoms with Crippen LogP contribution in [-0.4, -0.2) is 55.5 Å². The van der Waals surface area contributed by atoms with Crippen molar-refractivity contribution in [1.29, 1.82) is 0 Å². The topological polar surface area (TPSA) is 71.8 Å². The zero-order chi connectivity index (χ0) is 25.9. The van der Waals surface area contributed by atoms with Gasteiger partial charge in [-0.05, 0) is 69.4 Å². The highest BCUT2D eigenvalue weighted by Crippen LogP contribution is 2.39. The van der Waals surface area contributed by atoms with Crippen molar-refractivity contribution >= 4 is 5.78 Å². The number of imidazole rings is 1. The Morgan fingerprint density at radius 2 is 2.00 bits per heavy atom. The van der Waals surface area contributed by atoms with Gasteiger partial charge in [0.1, 0.15) is 11.5 Å². The molecule has 2 aliphatic rings. The molecular weight excluding hydrogens is 456 g/mol. The molecular formula is C29H42N2O5. The minimum Gasteiger partial charge on any atom is -0.493 e. The summed E-state index contributed by atoms with van der Waals surface area (Å²) in [5.74, 6) is 2.46. The van der Waals surface area contributed by atoms with E-state index in [9.17, 15) is 4.79 Å². The fourth-order valence-electron chi connectivity index (χ4n) is 5.33. The maximum Gasteiger partial charge on any atom is 0.186 e. The first kappa shape index (κ1) is 26.7. The Labute approximate surface area is 215 Å². The van der Waals surface area contributed by atoms with Gasteiger partial charge in [-0.3, -0.25) is 9.36 Å². The summed E-state index contributed by atoms with van der Waals surface area (Å²) in [4.78, 5) is 18.9. The second-order valence-electron chi connectivity index (χ2n) is 11.2. The van der Waals surface area contributed by atoms with Crippen LogP contribution in [0.25, 0.3) is 5.69 Å². The highest BCUT2D eigenvalue weighted by atomic mass is 16.5. The first-order chi connectivity index (χ1) is 17.2. The molecule has 1 aromatic heterocycles. The van der Waals surface area contributed by atoms with Crippen molar-refractivity contribution in [3.05, 3.63) is 34.9 Å². The summed E-state index contributed by atoms with van der Waals surface area (Å²) < 4.78 is 25.1. The SMILES string of the molecule is COCCCc1nc(C(=O)C2CCOCC(C)(C)CC2)c2n1-c1cc(OC(C)C)c(OC)cc1CC2. The van der Waals surface area contributed by atoms with Crippen LogP contribution in [0.4, 0.5) is 0 Å². The van der Waals surface area contributed by atoms with Gasteiger partial charge in [0.15, 0.2) is 17.3 Å². The standard InChI is InChI=1S/C29H42N2O5/c1-19(2)36-25-17-23-21(16-24(25)34-6)9-10-22-27(30-26(31(22)23)8-7-14-33-5)28(32)20-11-13-29(3,4)18-35-15-12-20/h16-17,19-20H,7-15,18H2,1-6H3. The molecule has 0 N–H and O–H groups in total. The molecule has 3 heterocycles. The van der Waals surface area contributed by atoms with E-state index in [1.807, 2.05) is 13.8 Å². The van der Waals surface area contributed by atoms with Gasteiger partial charge in [-0.1, -0.05) is 13.8 Å². The van der Waals surface area contributed by atoms with Crippen LogP contribution in [0.2, 0.25) is 0 Å². The molecule has 4 rings (SSSR count). The van der Waals surface area contributed by atoms with Crippen LogP contribution in [-0.2, 0) is 28.7 Å². The number of aryl methyl sites for hydroxylation is 2. The number of benzene rings is 1. The van der Waals surface area contributed by atoms with Crippen molar-refractivity contribution in [3.63, 3.8) is 0 Å². The quantitative estimate of drug-likeness (QED) is 0.342. The van der Waals surface area contributed by atoms with Crippen LogP contribution in [0.1, 0.15) is 80.9 Å². The van der Waals surface area contributed by atoms with Gasteiger partial charge in [-0.25, -0.2) is 4.98 Å². The van der Waals surface area contributed by atoms with E-state index >= 15 is 0 Å². The van der Waals surface area contributed by atoms with Crippen molar-refractivity contribution < 1.29 is 23.7 Å². The third kappa shape index (κ3) is 5.78. The Hall–Kier alpha value is -2.38. The zero-order valence-corrected chi connectivity index (χ0v) is 22.8. The van der Waals surface area contributed by atoms with Gasteiger partial charge in [-0.15, -0.1) is 0 Å². The summed E-state index contributed by atoms with van der Waals surface area (Å²) in [6, 6.07) is 4.13. The van der Waals surface area contributed by atoms with Crippen LogP contribution in [0.5, 0.6) is 11.5 Å². The first-order valence-electron chi connectivity index (χ1n) is 13.3. The number of rotatable bonds is 9. The lowest BCUT2D eigenvalue weighted by molar-refractivity contribution is 0.0284. The van der Waals surface area contributed by atoms with Gasteiger partial charge in [0.05, 0.1) is 31.2 Å². The van der Waals surface area contributed by atoms with E-state index in [1.54, 1.807) is 14.2 Å². The van der Waals surface area contributed by atoms with Crippen molar-refractivity contribution in [2.45, 2.75) is 78.7 Å². The molecule has 0 bridgehead atoms. The number of fused-ring (bicyclic) bond motifs is 3. The van der Waals surface area contributed by atoms with Crippen LogP contribution in [0, 0.1) is 11.3 Å². The highest BCUT2D eigenvalue weighted by Gasteiger charge is 2.33. The van der Waals surface area contributed by atoms with E-state index in [1.165, 1.54) is 5.56 Å². The number of ketones is 1. The number of carbonyl (C=O) groups is 1. The number of nitrogens with zero attached hydrogens (tertiary/aromatic N) is 2. The molecule has 0 saturated carbocycles. The fraction of sp³-hybridized carbons (Fsp3) is 0.655. The highest BCUT2D eigenvalue weighted by molar-refractivity contribution is 5.97. The fourth-order valence-corrected chi connectivity index (χ4v) is 5.33. The molecule has 1 aromatic carbocycles. The second-order valence-corrected chi connectivity index (χ2v) is 11.2. The molecule has 36 heavy (non-hydrogen) atoms. The Bertz CT molecular complexity index is 1070. The molecule has 0 amide bonds. The summed E-state index contributed by atoms with van der Waals surface area (Å²) in [6.45, 7) is 10.5. The molecule has 1 unspecified atom stereocenters. The largest absolute Gasteiger partial charge is 0.493 e. The van der Waals surface area contributed by atoms with Crippen molar-refractivity contribution in [2.75, 3.05) is 34.0 Å². The average Bonchev–Trinajstić information content (AvgIpc) is 3.20. The van der Waals surface area contributed by atoms with Gasteiger partial charge in [0.2, 0.25) is 0 Å². The summed E-state index contributed by atoms with van der Waals surface area (Å²) in [6.07, 6.45) is 5.80. The third-order valence-corrected chi connectivity index (χ3v) is 7.27. The predicted molar refractivity (Wildman–Crippen MR) is 140 cm³/mol. The minimum absolute atomic E-state index is 0.0203. The van der Waals surface area contributed by atoms with Gasteiger partial charge in [0, 0.05) is 38.7 Å². The molecule has 0 spiro atoms. The van der Waals surface area contributed by atoms with Crippen LogP contribution in [0.15, 0.2) is 12.1 Å². The molecule has 7 nitrogen and oxygen atoms in total. The Morgan fingerprint density at radius 1 is 1.19 bits per heavy atom. The number of hydrogen-bond donors (Lipinski definition) is 0. The molecule has 2 aromatic rings. The smallest absolute Gasteiger partial charge is 0.186 e. The lowest BCUT2D eigenvalue weighted by Crippen LogP contribution is -2.28. The van der Waals surface area contributed by atoms with E-state index in [2.05, 4.69) is 30.5 Å². The zero-order valence-electron chi connectivity index (χ0n) is 22.8. The van der Waals surface area contributed by atoms with Gasteiger partial charge in [0.25, 0.3) is 0 Å². The van der Waals surface area contributed by atoms with Gasteiger partial charge in [-0.2, -0.15) is 0 Å². The molecule has 0 aliphatic carbocycles. The molecule has 1 atom stereocenters. The van der Waals surface area contributed by atoms with Crippen LogP contribution < -0.4 is 9.47 Å². The number of Topliss-reactive ketones (excluding diaryl/α,β-unsaturated/α-hetero) is 1. The Morgan fingerprint density at radius 3 is 2.72 bits per heavy atom. The van der Waals surface area contributed by atoms with Crippen LogP contribution in [0.3, 0.4) is 0 Å². The number of aromatic nitrogens is 2. The average molecular weight is 499 g/mol. The Kier molecular flexibility index (Phi) is 8.41. The second kappa shape index (κ2) is 11.3. The molecule has 7 heteroatoms. The maximum atomic E-state index is 13.9. The molecule has 2 aliphatic heterocycles. The number of carbonyl (C=O) groups excluding carboxylic acids is 1. The monoisotopic (exact) mass is 498 g/mol. The van der Waals surface area contributed by atoms with E-state index in [0.29, 0.717) is 24.7 Å². The van der Waals surface area contributed by atoms with Crippen molar-refractivity contribution in [1.82, 2.24) is 9.55 Å². The van der Waals surface area contributed by atoms with Gasteiger partial charge < -0.3 is 18.9 Å². The predicted octanol–water partition coefficient (Wildman–Crippen LogP) is 5.37. The molecule has 198 valence electrons. The first-order valence-corrected chi connectivity index (χ1v) is 13.3. The van der Waals surface area contributed by atoms with E-state index < -0.39 is 0 Å².